The zero-order chi connectivity index (χ0) is 18.3. The van der Waals surface area contributed by atoms with Crippen LogP contribution >= 0.6 is 0 Å². The SMILES string of the molecule is CCC(=O)N1CC2(CC(N3CCC(N4CCC(C(C)C)CC4)CC3)C2)C1. The smallest absolute Gasteiger partial charge is 0.222 e. The topological polar surface area (TPSA) is 26.8 Å². The molecule has 3 saturated heterocycles. The van der Waals surface area contributed by atoms with Gasteiger partial charge in [0, 0.05) is 37.0 Å². The second-order valence-electron chi connectivity index (χ2n) is 10.0. The van der Waals surface area contributed by atoms with Crippen molar-refractivity contribution in [3.05, 3.63) is 0 Å². The van der Waals surface area contributed by atoms with Gasteiger partial charge in [0.2, 0.25) is 5.91 Å². The minimum absolute atomic E-state index is 0.348. The highest BCUT2D eigenvalue weighted by molar-refractivity contribution is 5.77. The predicted molar refractivity (Wildman–Crippen MR) is 106 cm³/mol. The maximum Gasteiger partial charge on any atom is 0.222 e. The van der Waals surface area contributed by atoms with Crippen LogP contribution in [0.3, 0.4) is 0 Å². The van der Waals surface area contributed by atoms with E-state index >= 15 is 0 Å². The third-order valence-electron chi connectivity index (χ3n) is 8.09. The van der Waals surface area contributed by atoms with Crippen molar-refractivity contribution in [2.45, 2.75) is 77.8 Å². The molecule has 1 aliphatic carbocycles. The number of likely N-dealkylation sites (tertiary alicyclic amines) is 3. The molecular formula is C22H39N3O. The highest BCUT2D eigenvalue weighted by atomic mass is 16.2. The van der Waals surface area contributed by atoms with Crippen LogP contribution in [0.25, 0.3) is 0 Å². The molecular weight excluding hydrogens is 322 g/mol. The number of carbonyl (C=O) groups is 1. The van der Waals surface area contributed by atoms with E-state index in [0.29, 0.717) is 17.7 Å². The van der Waals surface area contributed by atoms with Crippen molar-refractivity contribution in [2.75, 3.05) is 39.3 Å². The fraction of sp³-hybridized carbons (Fsp3) is 0.955. The number of hydrogen-bond acceptors (Lipinski definition) is 3. The first kappa shape index (κ1) is 18.7. The molecule has 0 aromatic carbocycles. The molecule has 3 heterocycles. The van der Waals surface area contributed by atoms with Gasteiger partial charge < -0.3 is 14.7 Å². The first-order valence-electron chi connectivity index (χ1n) is 11.3. The first-order chi connectivity index (χ1) is 12.5. The molecule has 148 valence electrons. The Morgan fingerprint density at radius 3 is 2.00 bits per heavy atom. The van der Waals surface area contributed by atoms with Crippen molar-refractivity contribution in [2.24, 2.45) is 17.3 Å². The van der Waals surface area contributed by atoms with Crippen molar-refractivity contribution < 1.29 is 4.79 Å². The van der Waals surface area contributed by atoms with Gasteiger partial charge in [0.1, 0.15) is 0 Å². The van der Waals surface area contributed by atoms with E-state index in [0.717, 1.165) is 37.0 Å². The van der Waals surface area contributed by atoms with Crippen LogP contribution in [0.1, 0.15) is 65.7 Å². The third-order valence-corrected chi connectivity index (χ3v) is 8.09. The highest BCUT2D eigenvalue weighted by Gasteiger charge is 2.54. The van der Waals surface area contributed by atoms with E-state index in [1.807, 2.05) is 6.92 Å². The predicted octanol–water partition coefficient (Wildman–Crippen LogP) is 3.22. The molecule has 0 aromatic rings. The first-order valence-corrected chi connectivity index (χ1v) is 11.3. The zero-order valence-electron chi connectivity index (χ0n) is 17.3. The summed E-state index contributed by atoms with van der Waals surface area (Å²) in [6.45, 7) is 14.1. The molecule has 0 unspecified atom stereocenters. The van der Waals surface area contributed by atoms with Gasteiger partial charge in [-0.25, -0.2) is 0 Å². The second-order valence-corrected chi connectivity index (χ2v) is 10.0. The lowest BCUT2D eigenvalue weighted by atomic mass is 9.60. The minimum atomic E-state index is 0.348. The standard InChI is InChI=1S/C22H39N3O/c1-4-21(26)25-15-22(16-25)13-20(14-22)24-11-7-19(8-12-24)23-9-5-18(6-10-23)17(2)3/h17-20H,4-16H2,1-3H3. The average Bonchev–Trinajstić information content (AvgIpc) is 2.59. The number of rotatable bonds is 4. The lowest BCUT2D eigenvalue weighted by Crippen LogP contribution is -2.68. The molecule has 0 bridgehead atoms. The van der Waals surface area contributed by atoms with Crippen LogP contribution in [-0.4, -0.2) is 72.0 Å². The van der Waals surface area contributed by atoms with Crippen molar-refractivity contribution >= 4 is 5.91 Å². The molecule has 26 heavy (non-hydrogen) atoms. The van der Waals surface area contributed by atoms with Crippen LogP contribution < -0.4 is 0 Å². The van der Waals surface area contributed by atoms with Gasteiger partial charge >= 0.3 is 0 Å². The van der Waals surface area contributed by atoms with Crippen molar-refractivity contribution in [3.8, 4) is 0 Å². The quantitative estimate of drug-likeness (QED) is 0.769. The zero-order valence-corrected chi connectivity index (χ0v) is 17.3. The molecule has 4 rings (SSSR count). The van der Waals surface area contributed by atoms with Gasteiger partial charge in [0.15, 0.2) is 0 Å². The van der Waals surface area contributed by atoms with Gasteiger partial charge in [-0.3, -0.25) is 4.79 Å². The summed E-state index contributed by atoms with van der Waals surface area (Å²) in [4.78, 5) is 19.4. The Morgan fingerprint density at radius 2 is 1.46 bits per heavy atom. The van der Waals surface area contributed by atoms with Crippen LogP contribution in [0, 0.1) is 17.3 Å². The molecule has 4 nitrogen and oxygen atoms in total. The normalized spacial score (nSPS) is 29.2. The largest absolute Gasteiger partial charge is 0.341 e. The van der Waals surface area contributed by atoms with E-state index in [1.54, 1.807) is 0 Å². The monoisotopic (exact) mass is 361 g/mol. The summed E-state index contributed by atoms with van der Waals surface area (Å²) in [5.41, 5.74) is 0.505. The fourth-order valence-electron chi connectivity index (χ4n) is 6.19. The Labute approximate surface area is 160 Å². The van der Waals surface area contributed by atoms with Crippen LogP contribution in [0.2, 0.25) is 0 Å². The summed E-state index contributed by atoms with van der Waals surface area (Å²) in [5, 5.41) is 0. The molecule has 3 aliphatic heterocycles. The summed E-state index contributed by atoms with van der Waals surface area (Å²) >= 11 is 0. The summed E-state index contributed by atoms with van der Waals surface area (Å²) in [7, 11) is 0. The number of piperidine rings is 2. The number of nitrogens with zero attached hydrogens (tertiary/aromatic N) is 3. The van der Waals surface area contributed by atoms with E-state index in [4.69, 9.17) is 0 Å². The van der Waals surface area contributed by atoms with Crippen molar-refractivity contribution in [3.63, 3.8) is 0 Å². The second kappa shape index (κ2) is 7.43. The molecule has 1 amide bonds. The van der Waals surface area contributed by atoms with Crippen LogP contribution in [-0.2, 0) is 4.79 Å². The van der Waals surface area contributed by atoms with Crippen molar-refractivity contribution in [1.29, 1.82) is 0 Å². The van der Waals surface area contributed by atoms with Crippen molar-refractivity contribution in [1.82, 2.24) is 14.7 Å². The van der Waals surface area contributed by atoms with Crippen LogP contribution in [0.4, 0.5) is 0 Å². The third kappa shape index (κ3) is 3.56. The summed E-state index contributed by atoms with van der Waals surface area (Å²) in [6, 6.07) is 1.65. The Morgan fingerprint density at radius 1 is 0.923 bits per heavy atom. The Balaban J connectivity index is 1.16. The summed E-state index contributed by atoms with van der Waals surface area (Å²) < 4.78 is 0. The fourth-order valence-corrected chi connectivity index (χ4v) is 6.19. The maximum absolute atomic E-state index is 11.8. The highest BCUT2D eigenvalue weighted by Crippen LogP contribution is 2.50. The molecule has 0 aromatic heterocycles. The Kier molecular flexibility index (Phi) is 5.35. The summed E-state index contributed by atoms with van der Waals surface area (Å²) in [6.07, 6.45) is 8.91. The molecule has 1 spiro atoms. The number of amides is 1. The van der Waals surface area contributed by atoms with E-state index < -0.39 is 0 Å². The molecule has 0 radical (unpaired) electrons. The minimum Gasteiger partial charge on any atom is -0.341 e. The van der Waals surface area contributed by atoms with E-state index in [2.05, 4.69) is 28.5 Å². The molecule has 4 aliphatic rings. The average molecular weight is 362 g/mol. The Hall–Kier alpha value is -0.610. The number of hydrogen-bond donors (Lipinski definition) is 0. The number of carbonyl (C=O) groups excluding carboxylic acids is 1. The van der Waals surface area contributed by atoms with E-state index in [9.17, 15) is 4.79 Å². The van der Waals surface area contributed by atoms with Gasteiger partial charge in [-0.15, -0.1) is 0 Å². The molecule has 0 N–H and O–H groups in total. The summed E-state index contributed by atoms with van der Waals surface area (Å²) in [5.74, 6) is 2.17. The van der Waals surface area contributed by atoms with E-state index in [1.165, 1.54) is 64.7 Å². The molecule has 1 saturated carbocycles. The van der Waals surface area contributed by atoms with Gasteiger partial charge in [-0.1, -0.05) is 20.8 Å². The Bertz CT molecular complexity index is 490. The van der Waals surface area contributed by atoms with Crippen LogP contribution in [0.15, 0.2) is 0 Å². The molecule has 4 heteroatoms. The van der Waals surface area contributed by atoms with Crippen LogP contribution in [0.5, 0.6) is 0 Å². The van der Waals surface area contributed by atoms with Gasteiger partial charge in [0.05, 0.1) is 0 Å². The lowest BCUT2D eigenvalue weighted by Gasteiger charge is -2.61. The van der Waals surface area contributed by atoms with E-state index in [-0.39, 0.29) is 0 Å². The van der Waals surface area contributed by atoms with Gasteiger partial charge in [-0.05, 0) is 76.5 Å². The lowest BCUT2D eigenvalue weighted by molar-refractivity contribution is -0.158. The van der Waals surface area contributed by atoms with Gasteiger partial charge in [0.25, 0.3) is 0 Å². The molecule has 4 fully saturated rings. The van der Waals surface area contributed by atoms with Gasteiger partial charge in [-0.2, -0.15) is 0 Å². The maximum atomic E-state index is 11.8. The molecule has 0 atom stereocenters.